The number of sulfonamides is 1. The number of hydrogen-bond acceptors (Lipinski definition) is 4. The molecule has 2 aliphatic rings. The van der Waals surface area contributed by atoms with Gasteiger partial charge in [-0.25, -0.2) is 8.42 Å². The molecule has 1 saturated heterocycles. The first-order valence-electron chi connectivity index (χ1n) is 9.49. The molecule has 0 bridgehead atoms. The van der Waals surface area contributed by atoms with Crippen molar-refractivity contribution >= 4 is 27.5 Å². The van der Waals surface area contributed by atoms with Crippen LogP contribution in [0.5, 0.6) is 0 Å². The second-order valence-corrected chi connectivity index (χ2v) is 9.28. The molecule has 8 heteroatoms. The Kier molecular flexibility index (Phi) is 6.04. The van der Waals surface area contributed by atoms with E-state index in [1.54, 1.807) is 29.2 Å². The number of carbonyl (C=O) groups excluding carboxylic acids is 2. The molecule has 1 aromatic carbocycles. The summed E-state index contributed by atoms with van der Waals surface area (Å²) < 4.78 is 24.9. The van der Waals surface area contributed by atoms with Crippen molar-refractivity contribution in [2.45, 2.75) is 44.6 Å². The molecular formula is C19H27N3O4S. The topological polar surface area (TPSA) is 95.6 Å². The summed E-state index contributed by atoms with van der Waals surface area (Å²) in [6.45, 7) is 1.07. The maximum Gasteiger partial charge on any atom is 0.253 e. The van der Waals surface area contributed by atoms with E-state index in [0.717, 1.165) is 31.9 Å². The minimum atomic E-state index is -3.35. The van der Waals surface area contributed by atoms with Gasteiger partial charge in [-0.05, 0) is 49.9 Å². The molecule has 148 valence electrons. The molecule has 3 rings (SSSR count). The summed E-state index contributed by atoms with van der Waals surface area (Å²) in [6, 6.07) is 6.65. The Labute approximate surface area is 160 Å². The number of hydrogen-bond donors (Lipinski definition) is 2. The summed E-state index contributed by atoms with van der Waals surface area (Å²) >= 11 is 0. The molecule has 1 aliphatic heterocycles. The zero-order chi connectivity index (χ0) is 19.4. The number of nitrogens with one attached hydrogen (secondary N) is 2. The normalized spacial score (nSPS) is 21.1. The van der Waals surface area contributed by atoms with E-state index in [9.17, 15) is 18.0 Å². The van der Waals surface area contributed by atoms with Gasteiger partial charge in [-0.1, -0.05) is 12.8 Å². The lowest BCUT2D eigenvalue weighted by Gasteiger charge is -2.32. The van der Waals surface area contributed by atoms with Crippen LogP contribution in [0.1, 0.15) is 48.9 Å². The highest BCUT2D eigenvalue weighted by atomic mass is 32.2. The summed E-state index contributed by atoms with van der Waals surface area (Å²) in [4.78, 5) is 27.0. The van der Waals surface area contributed by atoms with E-state index in [1.165, 1.54) is 12.8 Å². The molecule has 1 atom stereocenters. The highest BCUT2D eigenvalue weighted by Gasteiger charge is 2.30. The molecule has 1 heterocycles. The van der Waals surface area contributed by atoms with Gasteiger partial charge in [0.15, 0.2) is 0 Å². The molecule has 2 N–H and O–H groups in total. The Balaban J connectivity index is 1.59. The van der Waals surface area contributed by atoms with Crippen molar-refractivity contribution in [2.75, 3.05) is 24.1 Å². The predicted molar refractivity (Wildman–Crippen MR) is 104 cm³/mol. The van der Waals surface area contributed by atoms with Gasteiger partial charge in [0.1, 0.15) is 0 Å². The van der Waals surface area contributed by atoms with Crippen LogP contribution in [0.15, 0.2) is 24.3 Å². The third-order valence-electron chi connectivity index (χ3n) is 5.22. The van der Waals surface area contributed by atoms with Gasteiger partial charge in [0.05, 0.1) is 12.2 Å². The molecule has 1 saturated carbocycles. The van der Waals surface area contributed by atoms with Crippen molar-refractivity contribution in [3.05, 3.63) is 29.8 Å². The monoisotopic (exact) mass is 393 g/mol. The van der Waals surface area contributed by atoms with Gasteiger partial charge in [0, 0.05) is 30.4 Å². The van der Waals surface area contributed by atoms with Gasteiger partial charge in [0.2, 0.25) is 15.9 Å². The summed E-state index contributed by atoms with van der Waals surface area (Å²) in [7, 11) is -3.35. The summed E-state index contributed by atoms with van der Waals surface area (Å²) in [5.41, 5.74) is 0.910. The van der Waals surface area contributed by atoms with Crippen LogP contribution in [0.2, 0.25) is 0 Å². The fourth-order valence-corrected chi connectivity index (χ4v) is 4.41. The molecule has 0 aromatic heterocycles. The lowest BCUT2D eigenvalue weighted by Crippen LogP contribution is -2.47. The summed E-state index contributed by atoms with van der Waals surface area (Å²) in [5.74, 6) is -0.221. The fraction of sp³-hybridized carbons (Fsp3) is 0.579. The molecule has 1 unspecified atom stereocenters. The second kappa shape index (κ2) is 8.29. The minimum absolute atomic E-state index is 0.0621. The lowest BCUT2D eigenvalue weighted by molar-refractivity contribution is -0.127. The standard InChI is InChI=1S/C19H27N3O4S/c1-27(25,26)21-17-10-8-14(9-11-17)19(24)22-12-4-5-15(13-22)18(23)20-16-6-2-3-7-16/h8-11,15-16,21H,2-7,12-13H2,1H3,(H,20,23). The van der Waals surface area contributed by atoms with Crippen molar-refractivity contribution in [1.29, 1.82) is 0 Å². The van der Waals surface area contributed by atoms with Crippen LogP contribution >= 0.6 is 0 Å². The number of rotatable bonds is 5. The fourth-order valence-electron chi connectivity index (χ4n) is 3.84. The molecule has 27 heavy (non-hydrogen) atoms. The van der Waals surface area contributed by atoms with Crippen molar-refractivity contribution in [2.24, 2.45) is 5.92 Å². The summed E-state index contributed by atoms with van der Waals surface area (Å²) in [6.07, 6.45) is 7.14. The number of likely N-dealkylation sites (tertiary alicyclic amines) is 1. The number of benzene rings is 1. The van der Waals surface area contributed by atoms with Crippen LogP contribution in [-0.4, -0.2) is 50.5 Å². The summed E-state index contributed by atoms with van der Waals surface area (Å²) in [5, 5.41) is 3.13. The molecule has 2 amide bonds. The highest BCUT2D eigenvalue weighted by Crippen LogP contribution is 2.22. The number of nitrogens with zero attached hydrogens (tertiary/aromatic N) is 1. The van der Waals surface area contributed by atoms with Crippen LogP contribution in [0, 0.1) is 5.92 Å². The van der Waals surface area contributed by atoms with Crippen molar-refractivity contribution < 1.29 is 18.0 Å². The largest absolute Gasteiger partial charge is 0.353 e. The second-order valence-electron chi connectivity index (χ2n) is 7.53. The van der Waals surface area contributed by atoms with Crippen molar-refractivity contribution in [3.63, 3.8) is 0 Å². The van der Waals surface area contributed by atoms with E-state index in [2.05, 4.69) is 10.0 Å². The van der Waals surface area contributed by atoms with Crippen LogP contribution in [0.4, 0.5) is 5.69 Å². The van der Waals surface area contributed by atoms with Gasteiger partial charge in [-0.15, -0.1) is 0 Å². The Bertz CT molecular complexity index is 786. The van der Waals surface area contributed by atoms with E-state index in [4.69, 9.17) is 0 Å². The highest BCUT2D eigenvalue weighted by molar-refractivity contribution is 7.92. The van der Waals surface area contributed by atoms with E-state index in [1.807, 2.05) is 0 Å². The molecule has 0 radical (unpaired) electrons. The first-order chi connectivity index (χ1) is 12.8. The Hall–Kier alpha value is -2.09. The molecule has 1 aromatic rings. The third-order valence-corrected chi connectivity index (χ3v) is 5.82. The van der Waals surface area contributed by atoms with Crippen LogP contribution < -0.4 is 10.0 Å². The van der Waals surface area contributed by atoms with Crippen molar-refractivity contribution in [1.82, 2.24) is 10.2 Å². The van der Waals surface area contributed by atoms with Gasteiger partial charge in [-0.3, -0.25) is 14.3 Å². The van der Waals surface area contributed by atoms with Crippen LogP contribution in [-0.2, 0) is 14.8 Å². The number of anilines is 1. The molecule has 7 nitrogen and oxygen atoms in total. The first-order valence-corrected chi connectivity index (χ1v) is 11.4. The molecular weight excluding hydrogens is 366 g/mol. The molecule has 0 spiro atoms. The van der Waals surface area contributed by atoms with Gasteiger partial charge in [0.25, 0.3) is 5.91 Å². The van der Waals surface area contributed by atoms with Crippen LogP contribution in [0.3, 0.4) is 0 Å². The smallest absolute Gasteiger partial charge is 0.253 e. The maximum atomic E-state index is 12.8. The Morgan fingerprint density at radius 3 is 2.33 bits per heavy atom. The van der Waals surface area contributed by atoms with E-state index in [-0.39, 0.29) is 17.7 Å². The van der Waals surface area contributed by atoms with E-state index >= 15 is 0 Å². The van der Waals surface area contributed by atoms with Gasteiger partial charge < -0.3 is 10.2 Å². The third kappa shape index (κ3) is 5.45. The van der Waals surface area contributed by atoms with Gasteiger partial charge >= 0.3 is 0 Å². The molecule has 1 aliphatic carbocycles. The lowest BCUT2D eigenvalue weighted by atomic mass is 9.96. The average Bonchev–Trinajstić information content (AvgIpc) is 3.13. The van der Waals surface area contributed by atoms with E-state index < -0.39 is 10.0 Å². The zero-order valence-electron chi connectivity index (χ0n) is 15.6. The van der Waals surface area contributed by atoms with Gasteiger partial charge in [-0.2, -0.15) is 0 Å². The SMILES string of the molecule is CS(=O)(=O)Nc1ccc(C(=O)N2CCCC(C(=O)NC3CCCC3)C2)cc1. The number of piperidine rings is 1. The Morgan fingerprint density at radius 2 is 1.70 bits per heavy atom. The average molecular weight is 394 g/mol. The van der Waals surface area contributed by atoms with E-state index in [0.29, 0.717) is 30.4 Å². The predicted octanol–water partition coefficient (Wildman–Crippen LogP) is 1.97. The first kappa shape index (κ1) is 19.7. The maximum absolute atomic E-state index is 12.8. The number of amides is 2. The number of carbonyl (C=O) groups is 2. The Morgan fingerprint density at radius 1 is 1.04 bits per heavy atom. The van der Waals surface area contributed by atoms with Crippen molar-refractivity contribution in [3.8, 4) is 0 Å². The van der Waals surface area contributed by atoms with Crippen LogP contribution in [0.25, 0.3) is 0 Å². The zero-order valence-corrected chi connectivity index (χ0v) is 16.4. The molecule has 2 fully saturated rings. The minimum Gasteiger partial charge on any atom is -0.353 e. The quantitative estimate of drug-likeness (QED) is 0.799.